The van der Waals surface area contributed by atoms with Gasteiger partial charge in [0.05, 0.1) is 19.8 Å². The van der Waals surface area contributed by atoms with Crippen LogP contribution in [0.1, 0.15) is 12.5 Å². The minimum Gasteiger partial charge on any atom is -0.394 e. The Morgan fingerprint density at radius 2 is 2.22 bits per heavy atom. The summed E-state index contributed by atoms with van der Waals surface area (Å²) in [4.78, 5) is 6.50. The molecule has 0 amide bonds. The van der Waals surface area contributed by atoms with Gasteiger partial charge < -0.3 is 15.2 Å². The van der Waals surface area contributed by atoms with Gasteiger partial charge in [-0.3, -0.25) is 4.90 Å². The molecular formula is C13H23N3O2. The van der Waals surface area contributed by atoms with Crippen molar-refractivity contribution in [1.29, 1.82) is 0 Å². The molecule has 1 aromatic heterocycles. The summed E-state index contributed by atoms with van der Waals surface area (Å²) in [7, 11) is 2.04. The molecule has 18 heavy (non-hydrogen) atoms. The lowest BCUT2D eigenvalue weighted by Crippen LogP contribution is -2.23. The Balaban J connectivity index is 2.28. The highest BCUT2D eigenvalue weighted by molar-refractivity contribution is 5.35. The van der Waals surface area contributed by atoms with E-state index >= 15 is 0 Å². The van der Waals surface area contributed by atoms with E-state index in [-0.39, 0.29) is 6.61 Å². The second-order valence-electron chi connectivity index (χ2n) is 4.16. The number of hydrogen-bond acceptors (Lipinski definition) is 5. The van der Waals surface area contributed by atoms with E-state index in [2.05, 4.69) is 28.2 Å². The largest absolute Gasteiger partial charge is 0.394 e. The average Bonchev–Trinajstić information content (AvgIpc) is 2.37. The Kier molecular flexibility index (Phi) is 7.32. The molecule has 1 aromatic rings. The third-order valence-electron chi connectivity index (χ3n) is 2.49. The summed E-state index contributed by atoms with van der Waals surface area (Å²) in [5.74, 6) is 0.912. The summed E-state index contributed by atoms with van der Waals surface area (Å²) < 4.78 is 5.22. The predicted octanol–water partition coefficient (Wildman–Crippen LogP) is 0.954. The van der Waals surface area contributed by atoms with Crippen molar-refractivity contribution in [3.8, 4) is 0 Å². The van der Waals surface area contributed by atoms with Crippen LogP contribution in [0.25, 0.3) is 0 Å². The number of likely N-dealkylation sites (N-methyl/N-ethyl adjacent to an activating group) is 1. The highest BCUT2D eigenvalue weighted by atomic mass is 16.5. The Bertz CT molecular complexity index is 317. The molecule has 0 radical (unpaired) electrons. The van der Waals surface area contributed by atoms with Gasteiger partial charge in [-0.2, -0.15) is 0 Å². The van der Waals surface area contributed by atoms with E-state index in [1.807, 2.05) is 19.3 Å². The van der Waals surface area contributed by atoms with Gasteiger partial charge in [0.1, 0.15) is 5.82 Å². The van der Waals surface area contributed by atoms with Crippen molar-refractivity contribution in [3.63, 3.8) is 0 Å². The Morgan fingerprint density at radius 1 is 1.39 bits per heavy atom. The molecule has 0 aliphatic heterocycles. The minimum absolute atomic E-state index is 0.0829. The third-order valence-corrected chi connectivity index (χ3v) is 2.49. The van der Waals surface area contributed by atoms with Crippen molar-refractivity contribution in [3.05, 3.63) is 23.9 Å². The van der Waals surface area contributed by atoms with E-state index in [1.165, 1.54) is 5.56 Å². The van der Waals surface area contributed by atoms with Gasteiger partial charge in [-0.25, -0.2) is 4.98 Å². The molecule has 1 rings (SSSR count). The lowest BCUT2D eigenvalue weighted by Gasteiger charge is -2.16. The molecule has 0 fully saturated rings. The fraction of sp³-hybridized carbons (Fsp3) is 0.615. The molecule has 0 aliphatic rings. The van der Waals surface area contributed by atoms with Gasteiger partial charge in [0, 0.05) is 25.8 Å². The summed E-state index contributed by atoms with van der Waals surface area (Å²) in [5, 5.41) is 11.8. The van der Waals surface area contributed by atoms with Crippen LogP contribution in [-0.4, -0.2) is 54.9 Å². The van der Waals surface area contributed by atoms with Crippen LogP contribution >= 0.6 is 0 Å². The maximum atomic E-state index is 8.58. The fourth-order valence-corrected chi connectivity index (χ4v) is 1.58. The van der Waals surface area contributed by atoms with Crippen LogP contribution in [0.2, 0.25) is 0 Å². The molecule has 0 atom stereocenters. The second kappa shape index (κ2) is 8.85. The van der Waals surface area contributed by atoms with Gasteiger partial charge in [-0.1, -0.05) is 6.07 Å². The van der Waals surface area contributed by atoms with Crippen molar-refractivity contribution in [2.24, 2.45) is 0 Å². The van der Waals surface area contributed by atoms with Crippen molar-refractivity contribution in [2.45, 2.75) is 13.5 Å². The normalized spacial score (nSPS) is 10.9. The first-order valence-electron chi connectivity index (χ1n) is 6.32. The minimum atomic E-state index is 0.0829. The first-order valence-corrected chi connectivity index (χ1v) is 6.32. The highest BCUT2D eigenvalue weighted by Gasteiger charge is 2.01. The van der Waals surface area contributed by atoms with Crippen LogP contribution in [0.3, 0.4) is 0 Å². The summed E-state index contributed by atoms with van der Waals surface area (Å²) in [6.45, 7) is 5.76. The van der Waals surface area contributed by atoms with Crippen LogP contribution in [0, 0.1) is 0 Å². The molecule has 102 valence electrons. The van der Waals surface area contributed by atoms with Crippen LogP contribution in [0.5, 0.6) is 0 Å². The zero-order valence-electron chi connectivity index (χ0n) is 11.2. The highest BCUT2D eigenvalue weighted by Crippen LogP contribution is 2.06. The summed E-state index contributed by atoms with van der Waals surface area (Å²) in [5.41, 5.74) is 1.18. The topological polar surface area (TPSA) is 57.6 Å². The SMILES string of the molecule is CCNc1ccc(CN(C)CCOCCO)cn1. The molecule has 1 heterocycles. The van der Waals surface area contributed by atoms with E-state index in [4.69, 9.17) is 9.84 Å². The van der Waals surface area contributed by atoms with E-state index in [1.54, 1.807) is 0 Å². The smallest absolute Gasteiger partial charge is 0.125 e. The van der Waals surface area contributed by atoms with Crippen molar-refractivity contribution in [2.75, 3.05) is 45.3 Å². The molecule has 0 unspecified atom stereocenters. The molecule has 0 spiro atoms. The van der Waals surface area contributed by atoms with E-state index < -0.39 is 0 Å². The van der Waals surface area contributed by atoms with Crippen LogP contribution in [0.4, 0.5) is 5.82 Å². The van der Waals surface area contributed by atoms with Gasteiger partial charge in [0.2, 0.25) is 0 Å². The molecule has 2 N–H and O–H groups in total. The number of rotatable bonds is 9. The Morgan fingerprint density at radius 3 is 2.83 bits per heavy atom. The molecule has 0 aliphatic carbocycles. The average molecular weight is 253 g/mol. The van der Waals surface area contributed by atoms with Crippen molar-refractivity contribution >= 4 is 5.82 Å². The number of ether oxygens (including phenoxy) is 1. The standard InChI is InChI=1S/C13H23N3O2/c1-3-14-13-5-4-12(10-15-13)11-16(2)6-8-18-9-7-17/h4-5,10,17H,3,6-9,11H2,1-2H3,(H,14,15). The monoisotopic (exact) mass is 253 g/mol. The van der Waals surface area contributed by atoms with Crippen molar-refractivity contribution in [1.82, 2.24) is 9.88 Å². The number of anilines is 1. The van der Waals surface area contributed by atoms with Gasteiger partial charge in [-0.05, 0) is 25.6 Å². The molecule has 5 nitrogen and oxygen atoms in total. The number of hydrogen-bond donors (Lipinski definition) is 2. The molecule has 0 saturated heterocycles. The zero-order chi connectivity index (χ0) is 13.2. The molecule has 0 bridgehead atoms. The van der Waals surface area contributed by atoms with Crippen molar-refractivity contribution < 1.29 is 9.84 Å². The molecule has 5 heteroatoms. The second-order valence-corrected chi connectivity index (χ2v) is 4.16. The lowest BCUT2D eigenvalue weighted by molar-refractivity contribution is 0.0773. The Hall–Kier alpha value is -1.17. The predicted molar refractivity (Wildman–Crippen MR) is 72.6 cm³/mol. The maximum Gasteiger partial charge on any atom is 0.125 e. The van der Waals surface area contributed by atoms with Gasteiger partial charge >= 0.3 is 0 Å². The summed E-state index contributed by atoms with van der Waals surface area (Å²) in [6.07, 6.45) is 1.89. The van der Waals surface area contributed by atoms with E-state index in [0.29, 0.717) is 13.2 Å². The van der Waals surface area contributed by atoms with Crippen LogP contribution < -0.4 is 5.32 Å². The van der Waals surface area contributed by atoms with E-state index in [9.17, 15) is 0 Å². The number of aliphatic hydroxyl groups excluding tert-OH is 1. The maximum absolute atomic E-state index is 8.58. The number of aromatic nitrogens is 1. The van der Waals surface area contributed by atoms with Gasteiger partial charge in [0.25, 0.3) is 0 Å². The van der Waals surface area contributed by atoms with E-state index in [0.717, 1.165) is 25.5 Å². The van der Waals surface area contributed by atoms with Gasteiger partial charge in [-0.15, -0.1) is 0 Å². The number of nitrogens with one attached hydrogen (secondary N) is 1. The van der Waals surface area contributed by atoms with Crippen LogP contribution in [0.15, 0.2) is 18.3 Å². The zero-order valence-corrected chi connectivity index (χ0v) is 11.2. The van der Waals surface area contributed by atoms with Gasteiger partial charge in [0.15, 0.2) is 0 Å². The molecular weight excluding hydrogens is 230 g/mol. The first-order chi connectivity index (χ1) is 8.76. The fourth-order valence-electron chi connectivity index (χ4n) is 1.58. The summed E-state index contributed by atoms with van der Waals surface area (Å²) >= 11 is 0. The van der Waals surface area contributed by atoms with Crippen LogP contribution in [-0.2, 0) is 11.3 Å². The lowest BCUT2D eigenvalue weighted by atomic mass is 10.2. The number of nitrogens with zero attached hydrogens (tertiary/aromatic N) is 2. The number of pyridine rings is 1. The Labute approximate surface area is 109 Å². The third kappa shape index (κ3) is 5.95. The summed E-state index contributed by atoms with van der Waals surface area (Å²) in [6, 6.07) is 4.07. The molecule has 0 saturated carbocycles. The number of aliphatic hydroxyl groups is 1. The first kappa shape index (κ1) is 14.9. The molecule has 0 aromatic carbocycles. The quantitative estimate of drug-likeness (QED) is 0.642.